The Labute approximate surface area is 120 Å². The van der Waals surface area contributed by atoms with E-state index in [1.807, 2.05) is 20.2 Å². The minimum Gasteiger partial charge on any atom is -0.351 e. The molecule has 6 nitrogen and oxygen atoms in total. The van der Waals surface area contributed by atoms with Gasteiger partial charge in [-0.3, -0.25) is 4.79 Å². The molecule has 0 atom stereocenters. The van der Waals surface area contributed by atoms with E-state index in [1.165, 1.54) is 4.90 Å². The molecule has 20 heavy (non-hydrogen) atoms. The van der Waals surface area contributed by atoms with Crippen LogP contribution in [0.5, 0.6) is 0 Å². The molecule has 0 bridgehead atoms. The lowest BCUT2D eigenvalue weighted by Crippen LogP contribution is -3.06. The van der Waals surface area contributed by atoms with Crippen LogP contribution in [-0.2, 0) is 10.0 Å². The number of hydrogen-bond acceptors (Lipinski definition) is 3. The second kappa shape index (κ2) is 7.98. The zero-order valence-corrected chi connectivity index (χ0v) is 12.7. The summed E-state index contributed by atoms with van der Waals surface area (Å²) in [6, 6.07) is 8.70. The molecule has 0 heterocycles. The Hall–Kier alpha value is -1.44. The van der Waals surface area contributed by atoms with Crippen LogP contribution in [0, 0.1) is 0 Å². The van der Waals surface area contributed by atoms with Crippen molar-refractivity contribution in [2.24, 2.45) is 0 Å². The van der Waals surface area contributed by atoms with E-state index in [0.29, 0.717) is 12.1 Å². The van der Waals surface area contributed by atoms with E-state index in [4.69, 9.17) is 0 Å². The Morgan fingerprint density at radius 1 is 1.15 bits per heavy atom. The minimum absolute atomic E-state index is 0.0951. The van der Waals surface area contributed by atoms with Crippen molar-refractivity contribution in [3.05, 3.63) is 35.9 Å². The maximum absolute atomic E-state index is 11.7. The fourth-order valence-electron chi connectivity index (χ4n) is 1.52. The summed E-state index contributed by atoms with van der Waals surface area (Å²) in [6.07, 6.45) is 0. The number of hydrogen-bond donors (Lipinski definition) is 3. The van der Waals surface area contributed by atoms with Crippen LogP contribution in [-0.4, -0.2) is 53.8 Å². The van der Waals surface area contributed by atoms with Crippen molar-refractivity contribution in [1.29, 1.82) is 0 Å². The highest BCUT2D eigenvalue weighted by Crippen LogP contribution is 1.97. The van der Waals surface area contributed by atoms with E-state index in [2.05, 4.69) is 10.0 Å². The van der Waals surface area contributed by atoms with E-state index in [9.17, 15) is 13.2 Å². The second-order valence-electron chi connectivity index (χ2n) is 4.79. The highest BCUT2D eigenvalue weighted by molar-refractivity contribution is 7.89. The summed E-state index contributed by atoms with van der Waals surface area (Å²) in [5, 5.41) is 2.59. The lowest BCUT2D eigenvalue weighted by atomic mass is 10.2. The van der Waals surface area contributed by atoms with Crippen LogP contribution in [0.25, 0.3) is 0 Å². The average Bonchev–Trinajstić information content (AvgIpc) is 2.38. The largest absolute Gasteiger partial charge is 0.351 e. The summed E-state index contributed by atoms with van der Waals surface area (Å²) in [5.74, 6) is -0.382. The van der Waals surface area contributed by atoms with Gasteiger partial charge in [-0.15, -0.1) is 0 Å². The van der Waals surface area contributed by atoms with E-state index >= 15 is 0 Å². The molecule has 0 spiro atoms. The van der Waals surface area contributed by atoms with Gasteiger partial charge in [-0.2, -0.15) is 0 Å². The molecule has 7 heteroatoms. The van der Waals surface area contributed by atoms with Crippen molar-refractivity contribution in [2.75, 3.05) is 39.5 Å². The third-order valence-electron chi connectivity index (χ3n) is 2.64. The molecule has 1 aromatic carbocycles. The number of likely N-dealkylation sites (N-methyl/N-ethyl adjacent to an activating group) is 1. The number of carbonyl (C=O) groups excluding carboxylic acids is 1. The third-order valence-corrected chi connectivity index (χ3v) is 4.02. The molecule has 0 saturated heterocycles. The number of nitrogens with one attached hydrogen (secondary N) is 3. The molecule has 1 aromatic rings. The SMILES string of the molecule is C[NH+](C)CCNS(=O)(=O)CCNC(=O)c1ccccc1. The molecule has 0 aliphatic carbocycles. The van der Waals surface area contributed by atoms with Crippen LogP contribution in [0.1, 0.15) is 10.4 Å². The first-order valence-electron chi connectivity index (χ1n) is 6.50. The predicted molar refractivity (Wildman–Crippen MR) is 78.2 cm³/mol. The lowest BCUT2D eigenvalue weighted by molar-refractivity contribution is -0.856. The maximum atomic E-state index is 11.7. The van der Waals surface area contributed by atoms with Crippen molar-refractivity contribution in [1.82, 2.24) is 10.0 Å². The van der Waals surface area contributed by atoms with Crippen LogP contribution in [0.2, 0.25) is 0 Å². The Balaban J connectivity index is 2.31. The molecule has 0 aliphatic heterocycles. The molecule has 0 saturated carbocycles. The molecular formula is C13H22N3O3S+. The monoisotopic (exact) mass is 300 g/mol. The molecule has 0 unspecified atom stereocenters. The predicted octanol–water partition coefficient (Wildman–Crippen LogP) is -1.52. The third kappa shape index (κ3) is 6.65. The van der Waals surface area contributed by atoms with Crippen molar-refractivity contribution in [3.63, 3.8) is 0 Å². The summed E-state index contributed by atoms with van der Waals surface area (Å²) in [6.45, 7) is 1.21. The van der Waals surface area contributed by atoms with Gasteiger partial charge in [-0.25, -0.2) is 13.1 Å². The summed E-state index contributed by atoms with van der Waals surface area (Å²) in [5.41, 5.74) is 0.522. The molecule has 112 valence electrons. The summed E-state index contributed by atoms with van der Waals surface area (Å²) >= 11 is 0. The van der Waals surface area contributed by atoms with Crippen LogP contribution in [0.3, 0.4) is 0 Å². The number of rotatable bonds is 8. The van der Waals surface area contributed by atoms with Gasteiger partial charge in [0.1, 0.15) is 0 Å². The maximum Gasteiger partial charge on any atom is 0.251 e. The minimum atomic E-state index is -3.33. The van der Waals surface area contributed by atoms with Gasteiger partial charge in [0.25, 0.3) is 5.91 Å². The molecule has 0 aromatic heterocycles. The van der Waals surface area contributed by atoms with Crippen molar-refractivity contribution in [3.8, 4) is 0 Å². The Kier molecular flexibility index (Phi) is 6.63. The van der Waals surface area contributed by atoms with Crippen molar-refractivity contribution >= 4 is 15.9 Å². The van der Waals surface area contributed by atoms with Gasteiger partial charge < -0.3 is 10.2 Å². The number of carbonyl (C=O) groups is 1. The molecule has 1 rings (SSSR count). The summed E-state index contributed by atoms with van der Waals surface area (Å²) < 4.78 is 25.8. The molecule has 0 aliphatic rings. The number of benzene rings is 1. The Bertz CT molecular complexity index is 515. The van der Waals surface area contributed by atoms with Crippen LogP contribution >= 0.6 is 0 Å². The highest BCUT2D eigenvalue weighted by Gasteiger charge is 2.11. The van der Waals surface area contributed by atoms with Gasteiger partial charge >= 0.3 is 0 Å². The summed E-state index contributed by atoms with van der Waals surface area (Å²) in [7, 11) is 0.572. The number of sulfonamides is 1. The number of quaternary nitrogens is 1. The van der Waals surface area contributed by atoms with Gasteiger partial charge in [0.2, 0.25) is 10.0 Å². The Morgan fingerprint density at radius 3 is 2.40 bits per heavy atom. The van der Waals surface area contributed by atoms with Gasteiger partial charge in [0, 0.05) is 12.1 Å². The topological polar surface area (TPSA) is 79.7 Å². The van der Waals surface area contributed by atoms with Crippen LogP contribution in [0.15, 0.2) is 30.3 Å². The second-order valence-corrected chi connectivity index (χ2v) is 6.72. The molecular weight excluding hydrogens is 278 g/mol. The smallest absolute Gasteiger partial charge is 0.251 e. The average molecular weight is 300 g/mol. The van der Waals surface area contributed by atoms with E-state index in [1.54, 1.807) is 24.3 Å². The lowest BCUT2D eigenvalue weighted by Gasteiger charge is -2.09. The normalized spacial score (nSPS) is 11.6. The standard InChI is InChI=1S/C13H21N3O3S/c1-16(2)10-8-15-20(18,19)11-9-14-13(17)12-6-4-3-5-7-12/h3-7,15H,8-11H2,1-2H3,(H,14,17)/p+1. The fourth-order valence-corrected chi connectivity index (χ4v) is 2.45. The van der Waals surface area contributed by atoms with Gasteiger partial charge in [-0.1, -0.05) is 18.2 Å². The first-order valence-corrected chi connectivity index (χ1v) is 8.15. The van der Waals surface area contributed by atoms with Crippen LogP contribution in [0.4, 0.5) is 0 Å². The van der Waals surface area contributed by atoms with Crippen molar-refractivity contribution < 1.29 is 18.1 Å². The zero-order chi connectivity index (χ0) is 15.0. The first-order chi connectivity index (χ1) is 9.41. The zero-order valence-electron chi connectivity index (χ0n) is 11.8. The fraction of sp³-hybridized carbons (Fsp3) is 0.462. The van der Waals surface area contributed by atoms with E-state index in [-0.39, 0.29) is 18.2 Å². The summed E-state index contributed by atoms with van der Waals surface area (Å²) in [4.78, 5) is 12.9. The quantitative estimate of drug-likeness (QED) is 0.545. The first kappa shape index (κ1) is 16.6. The Morgan fingerprint density at radius 2 is 1.80 bits per heavy atom. The molecule has 3 N–H and O–H groups in total. The van der Waals surface area contributed by atoms with Gasteiger partial charge in [0.05, 0.1) is 32.9 Å². The number of amides is 1. The van der Waals surface area contributed by atoms with Crippen LogP contribution < -0.4 is 14.9 Å². The molecule has 1 amide bonds. The molecule has 0 radical (unpaired) electrons. The highest BCUT2D eigenvalue weighted by atomic mass is 32.2. The van der Waals surface area contributed by atoms with Gasteiger partial charge in [-0.05, 0) is 12.1 Å². The molecule has 0 fully saturated rings. The van der Waals surface area contributed by atoms with Crippen molar-refractivity contribution in [2.45, 2.75) is 0 Å². The van der Waals surface area contributed by atoms with Gasteiger partial charge in [0.15, 0.2) is 0 Å². The van der Waals surface area contributed by atoms with E-state index in [0.717, 1.165) is 6.54 Å². The van der Waals surface area contributed by atoms with E-state index < -0.39 is 10.0 Å².